The van der Waals surface area contributed by atoms with Crippen LogP contribution in [0.15, 0.2) is 0 Å². The van der Waals surface area contributed by atoms with Crippen LogP contribution >= 0.6 is 0 Å². The molecule has 2 heterocycles. The first-order chi connectivity index (χ1) is 6.87. The van der Waals surface area contributed by atoms with Gasteiger partial charge in [0.15, 0.2) is 0 Å². The molecule has 3 atom stereocenters. The summed E-state index contributed by atoms with van der Waals surface area (Å²) in [4.78, 5) is 13.7. The van der Waals surface area contributed by atoms with Crippen LogP contribution in [0.1, 0.15) is 34.1 Å². The van der Waals surface area contributed by atoms with E-state index in [0.29, 0.717) is 18.1 Å². The number of amides is 1. The normalized spacial score (nSPS) is 34.7. The Morgan fingerprint density at radius 2 is 2.13 bits per heavy atom. The predicted octanol–water partition coefficient (Wildman–Crippen LogP) is 1.36. The Labute approximate surface area is 91.0 Å². The summed E-state index contributed by atoms with van der Waals surface area (Å²) in [6.45, 7) is 8.63. The van der Waals surface area contributed by atoms with Crippen LogP contribution in [0.3, 0.4) is 0 Å². The number of nitrogens with one attached hydrogen (secondary N) is 1. The molecule has 0 aliphatic carbocycles. The molecule has 0 aromatic rings. The Kier molecular flexibility index (Phi) is 2.41. The molecule has 86 valence electrons. The molecule has 0 radical (unpaired) electrons. The minimum absolute atomic E-state index is 0.164. The van der Waals surface area contributed by atoms with Crippen molar-refractivity contribution in [1.29, 1.82) is 0 Å². The molecule has 0 spiro atoms. The number of nitrogens with zero attached hydrogens (tertiary/aromatic N) is 1. The molecule has 2 bridgehead atoms. The van der Waals surface area contributed by atoms with E-state index < -0.39 is 5.60 Å². The summed E-state index contributed by atoms with van der Waals surface area (Å²) in [5.41, 5.74) is -0.393. The van der Waals surface area contributed by atoms with E-state index in [4.69, 9.17) is 4.74 Å². The van der Waals surface area contributed by atoms with Crippen molar-refractivity contribution in [2.45, 2.75) is 57.8 Å². The lowest BCUT2D eigenvalue weighted by Gasteiger charge is -2.33. The molecule has 0 saturated carbocycles. The van der Waals surface area contributed by atoms with E-state index >= 15 is 0 Å². The molecule has 2 fully saturated rings. The Morgan fingerprint density at radius 3 is 2.60 bits per heavy atom. The van der Waals surface area contributed by atoms with Crippen LogP contribution in [0, 0.1) is 0 Å². The highest BCUT2D eigenvalue weighted by atomic mass is 16.6. The topological polar surface area (TPSA) is 41.6 Å². The first-order valence-electron chi connectivity index (χ1n) is 5.62. The number of likely N-dealkylation sites (tertiary alicyclic amines) is 1. The molecule has 2 saturated heterocycles. The third-order valence-electron chi connectivity index (χ3n) is 3.05. The van der Waals surface area contributed by atoms with Crippen molar-refractivity contribution >= 4 is 6.09 Å². The van der Waals surface area contributed by atoms with Crippen LogP contribution in [0.5, 0.6) is 0 Å². The maximum absolute atomic E-state index is 11.9. The van der Waals surface area contributed by atoms with Gasteiger partial charge in [-0.15, -0.1) is 0 Å². The Bertz CT molecular complexity index is 272. The fourth-order valence-corrected chi connectivity index (χ4v) is 2.47. The summed E-state index contributed by atoms with van der Waals surface area (Å²) in [7, 11) is 0. The Hall–Kier alpha value is -0.770. The number of hydrogen-bond acceptors (Lipinski definition) is 3. The average molecular weight is 212 g/mol. The van der Waals surface area contributed by atoms with Gasteiger partial charge in [-0.05, 0) is 34.1 Å². The molecule has 1 N–H and O–H groups in total. The summed E-state index contributed by atoms with van der Waals surface area (Å²) in [5, 5.41) is 3.45. The van der Waals surface area contributed by atoms with Crippen molar-refractivity contribution in [1.82, 2.24) is 10.2 Å². The smallest absolute Gasteiger partial charge is 0.410 e. The highest BCUT2D eigenvalue weighted by Crippen LogP contribution is 2.29. The monoisotopic (exact) mass is 212 g/mol. The van der Waals surface area contributed by atoms with Crippen molar-refractivity contribution < 1.29 is 9.53 Å². The van der Waals surface area contributed by atoms with Crippen molar-refractivity contribution in [3.05, 3.63) is 0 Å². The molecule has 0 aromatic heterocycles. The molecule has 15 heavy (non-hydrogen) atoms. The predicted molar refractivity (Wildman–Crippen MR) is 57.7 cm³/mol. The van der Waals surface area contributed by atoms with Crippen LogP contribution < -0.4 is 5.32 Å². The van der Waals surface area contributed by atoms with E-state index in [1.807, 2.05) is 25.7 Å². The number of piperazine rings is 1. The minimum atomic E-state index is -0.393. The highest BCUT2D eigenvalue weighted by molar-refractivity contribution is 5.69. The van der Waals surface area contributed by atoms with Gasteiger partial charge in [0.25, 0.3) is 0 Å². The van der Waals surface area contributed by atoms with Gasteiger partial charge in [0.05, 0.1) is 6.04 Å². The lowest BCUT2D eigenvalue weighted by atomic mass is 10.1. The lowest BCUT2D eigenvalue weighted by Crippen LogP contribution is -2.52. The van der Waals surface area contributed by atoms with Crippen LogP contribution in [-0.2, 0) is 4.74 Å². The van der Waals surface area contributed by atoms with Crippen molar-refractivity contribution in [2.75, 3.05) is 6.54 Å². The maximum atomic E-state index is 11.9. The van der Waals surface area contributed by atoms with E-state index in [0.717, 1.165) is 13.0 Å². The molecule has 0 aromatic carbocycles. The fourth-order valence-electron chi connectivity index (χ4n) is 2.47. The fraction of sp³-hybridized carbons (Fsp3) is 0.909. The van der Waals surface area contributed by atoms with Crippen LogP contribution in [0.2, 0.25) is 0 Å². The minimum Gasteiger partial charge on any atom is -0.444 e. The molecular formula is C11H20N2O2. The van der Waals surface area contributed by atoms with Crippen molar-refractivity contribution in [3.8, 4) is 0 Å². The molecular weight excluding hydrogens is 192 g/mol. The maximum Gasteiger partial charge on any atom is 0.410 e. The molecule has 4 nitrogen and oxygen atoms in total. The van der Waals surface area contributed by atoms with E-state index in [1.165, 1.54) is 0 Å². The zero-order valence-electron chi connectivity index (χ0n) is 9.91. The average Bonchev–Trinajstić information content (AvgIpc) is 2.58. The lowest BCUT2D eigenvalue weighted by molar-refractivity contribution is 0.0172. The summed E-state index contributed by atoms with van der Waals surface area (Å²) in [6, 6.07) is 1.19. The standard InChI is InChI=1S/C11H20N2O2/c1-7-9-5-8(12-7)6-13(9)10(14)15-11(2,3)4/h7-9,12H,5-6H2,1-4H3/t7-,8-,9-/m1/s1. The largest absolute Gasteiger partial charge is 0.444 e. The zero-order valence-corrected chi connectivity index (χ0v) is 9.91. The van der Waals surface area contributed by atoms with E-state index in [-0.39, 0.29) is 6.09 Å². The SMILES string of the molecule is C[C@H]1N[C@@H]2C[C@H]1N(C(=O)OC(C)(C)C)C2. The van der Waals surface area contributed by atoms with Gasteiger partial charge < -0.3 is 15.0 Å². The third kappa shape index (κ3) is 2.09. The number of carbonyl (C=O) groups is 1. The van der Waals surface area contributed by atoms with Crippen molar-refractivity contribution in [2.24, 2.45) is 0 Å². The van der Waals surface area contributed by atoms with Crippen molar-refractivity contribution in [3.63, 3.8) is 0 Å². The van der Waals surface area contributed by atoms with Gasteiger partial charge in [-0.1, -0.05) is 0 Å². The van der Waals surface area contributed by atoms with Gasteiger partial charge in [0.2, 0.25) is 0 Å². The third-order valence-corrected chi connectivity index (χ3v) is 3.05. The highest BCUT2D eigenvalue weighted by Gasteiger charge is 2.45. The second-order valence-electron chi connectivity index (χ2n) is 5.59. The van der Waals surface area contributed by atoms with E-state index in [1.54, 1.807) is 0 Å². The van der Waals surface area contributed by atoms with Gasteiger partial charge in [-0.2, -0.15) is 0 Å². The zero-order chi connectivity index (χ0) is 11.2. The van der Waals surface area contributed by atoms with Crippen LogP contribution in [-0.4, -0.2) is 41.3 Å². The Morgan fingerprint density at radius 1 is 1.47 bits per heavy atom. The van der Waals surface area contributed by atoms with Crippen LogP contribution in [0.4, 0.5) is 4.79 Å². The first kappa shape index (κ1) is 10.7. The summed E-state index contributed by atoms with van der Waals surface area (Å²) in [5.74, 6) is 0. The summed E-state index contributed by atoms with van der Waals surface area (Å²) < 4.78 is 5.38. The number of fused-ring (bicyclic) bond motifs is 2. The molecule has 2 aliphatic rings. The van der Waals surface area contributed by atoms with Gasteiger partial charge in [-0.25, -0.2) is 4.79 Å². The van der Waals surface area contributed by atoms with Crippen LogP contribution in [0.25, 0.3) is 0 Å². The van der Waals surface area contributed by atoms with Gasteiger partial charge in [-0.3, -0.25) is 0 Å². The van der Waals surface area contributed by atoms with Gasteiger partial charge >= 0.3 is 6.09 Å². The Balaban J connectivity index is 1.98. The molecule has 2 rings (SSSR count). The molecule has 0 unspecified atom stereocenters. The quantitative estimate of drug-likeness (QED) is 0.659. The second-order valence-corrected chi connectivity index (χ2v) is 5.59. The van der Waals surface area contributed by atoms with Gasteiger partial charge in [0, 0.05) is 18.6 Å². The summed E-state index contributed by atoms with van der Waals surface area (Å²) >= 11 is 0. The first-order valence-corrected chi connectivity index (χ1v) is 5.62. The molecule has 1 amide bonds. The molecule has 2 aliphatic heterocycles. The number of ether oxygens (including phenoxy) is 1. The van der Waals surface area contributed by atoms with Gasteiger partial charge in [0.1, 0.15) is 5.60 Å². The molecule has 4 heteroatoms. The number of carbonyl (C=O) groups excluding carboxylic acids is 1. The van der Waals surface area contributed by atoms with E-state index in [2.05, 4.69) is 12.2 Å². The number of hydrogen-bond donors (Lipinski definition) is 1. The number of rotatable bonds is 0. The summed E-state index contributed by atoms with van der Waals surface area (Å²) in [6.07, 6.45) is 0.906. The van der Waals surface area contributed by atoms with E-state index in [9.17, 15) is 4.79 Å². The second kappa shape index (κ2) is 3.37.